The van der Waals surface area contributed by atoms with E-state index in [1.807, 2.05) is 0 Å². The Hall–Kier alpha value is -0.650. The number of nitrogens with zero attached hydrogens (tertiary/aromatic N) is 1. The van der Waals surface area contributed by atoms with E-state index in [1.165, 1.54) is 0 Å². The second-order valence-electron chi connectivity index (χ2n) is 3.72. The number of nitrogens with two attached hydrogens (primary N) is 1. The maximum Gasteiger partial charge on any atom is 0.248 e. The largest absolute Gasteiger partial charge is 0.372 e. The fourth-order valence-corrected chi connectivity index (χ4v) is 2.08. The predicted octanol–water partition coefficient (Wildman–Crippen LogP) is -1.16. The van der Waals surface area contributed by atoms with Crippen LogP contribution in [-0.2, 0) is 9.53 Å². The van der Waals surface area contributed by atoms with Crippen molar-refractivity contribution in [3.05, 3.63) is 0 Å². The van der Waals surface area contributed by atoms with Crippen molar-refractivity contribution in [2.45, 2.75) is 25.0 Å². The summed E-state index contributed by atoms with van der Waals surface area (Å²) in [5.74, 6) is 4.89. The summed E-state index contributed by atoms with van der Waals surface area (Å²) in [6, 6.07) is 0. The lowest BCUT2D eigenvalue weighted by molar-refractivity contribution is -0.124. The van der Waals surface area contributed by atoms with Gasteiger partial charge in [-0.25, -0.2) is 5.84 Å². The molecule has 2 heterocycles. The van der Waals surface area contributed by atoms with Crippen LogP contribution in [0.5, 0.6) is 0 Å². The van der Waals surface area contributed by atoms with Crippen LogP contribution in [0.1, 0.15) is 12.8 Å². The van der Waals surface area contributed by atoms with Gasteiger partial charge in [0.2, 0.25) is 5.91 Å². The van der Waals surface area contributed by atoms with E-state index in [-0.39, 0.29) is 5.91 Å². The Labute approximate surface area is 77.2 Å². The number of hydrogen-bond acceptors (Lipinski definition) is 4. The molecular formula is C8H15N3O2. The number of morpholine rings is 1. The van der Waals surface area contributed by atoms with Crippen molar-refractivity contribution in [3.8, 4) is 0 Å². The third-order valence-electron chi connectivity index (χ3n) is 2.65. The number of carbonyl (C=O) groups excluding carboxylic acids is 1. The molecule has 2 aliphatic rings. The van der Waals surface area contributed by atoms with E-state index in [0.29, 0.717) is 18.8 Å². The number of likely N-dealkylation sites (tertiary alicyclic amines) is 1. The molecule has 1 amide bonds. The molecule has 74 valence electrons. The summed E-state index contributed by atoms with van der Waals surface area (Å²) < 4.78 is 5.64. The van der Waals surface area contributed by atoms with Gasteiger partial charge in [0.25, 0.3) is 0 Å². The van der Waals surface area contributed by atoms with Gasteiger partial charge in [-0.05, 0) is 12.8 Å². The summed E-state index contributed by atoms with van der Waals surface area (Å²) in [6.07, 6.45) is 2.94. The minimum atomic E-state index is -0.124. The molecule has 0 radical (unpaired) electrons. The number of ether oxygens (including phenoxy) is 1. The van der Waals surface area contributed by atoms with Crippen LogP contribution >= 0.6 is 0 Å². The van der Waals surface area contributed by atoms with Gasteiger partial charge in [0.1, 0.15) is 0 Å². The van der Waals surface area contributed by atoms with Gasteiger partial charge in [0.15, 0.2) is 0 Å². The van der Waals surface area contributed by atoms with Crippen LogP contribution in [0.15, 0.2) is 0 Å². The summed E-state index contributed by atoms with van der Waals surface area (Å²) in [5.41, 5.74) is 2.14. The highest BCUT2D eigenvalue weighted by atomic mass is 16.5. The van der Waals surface area contributed by atoms with Crippen molar-refractivity contribution in [1.29, 1.82) is 0 Å². The Bertz CT molecular complexity index is 198. The normalized spacial score (nSPS) is 33.3. The van der Waals surface area contributed by atoms with Crippen molar-refractivity contribution in [1.82, 2.24) is 10.3 Å². The van der Waals surface area contributed by atoms with Crippen LogP contribution < -0.4 is 11.3 Å². The van der Waals surface area contributed by atoms with Crippen LogP contribution in [-0.4, -0.2) is 42.6 Å². The average molecular weight is 185 g/mol. The first-order valence-corrected chi connectivity index (χ1v) is 4.65. The Morgan fingerprint density at radius 2 is 2.08 bits per heavy atom. The molecule has 0 aromatic heterocycles. The summed E-state index contributed by atoms with van der Waals surface area (Å²) in [4.78, 5) is 13.1. The van der Waals surface area contributed by atoms with Crippen molar-refractivity contribution in [2.24, 2.45) is 5.84 Å². The van der Waals surface area contributed by atoms with Crippen LogP contribution in [0.3, 0.4) is 0 Å². The second-order valence-corrected chi connectivity index (χ2v) is 3.72. The molecular weight excluding hydrogens is 170 g/mol. The van der Waals surface area contributed by atoms with Crippen LogP contribution in [0.25, 0.3) is 0 Å². The van der Waals surface area contributed by atoms with Gasteiger partial charge in [-0.2, -0.15) is 0 Å². The Balaban J connectivity index is 1.85. The maximum atomic E-state index is 11.0. The van der Waals surface area contributed by atoms with E-state index in [9.17, 15) is 4.79 Å². The second kappa shape index (κ2) is 3.61. The standard InChI is InChI=1S/C8H15N3O2/c9-10-8(12)5-11-3-6-1-2-7(4-11)13-6/h6-7H,1-5,9H2,(H,10,12). The Kier molecular flexibility index (Phi) is 2.48. The number of carbonyl (C=O) groups is 1. The van der Waals surface area contributed by atoms with E-state index in [2.05, 4.69) is 10.3 Å². The van der Waals surface area contributed by atoms with Gasteiger partial charge in [0, 0.05) is 13.1 Å². The molecule has 0 spiro atoms. The monoisotopic (exact) mass is 185 g/mol. The SMILES string of the molecule is NNC(=O)CN1CC2CCC(C1)O2. The first-order chi connectivity index (χ1) is 6.28. The van der Waals surface area contributed by atoms with Crippen LogP contribution in [0, 0.1) is 0 Å². The topological polar surface area (TPSA) is 67.6 Å². The number of rotatable bonds is 2. The fourth-order valence-electron chi connectivity index (χ4n) is 2.08. The minimum Gasteiger partial charge on any atom is -0.372 e. The van der Waals surface area contributed by atoms with Crippen molar-refractivity contribution >= 4 is 5.91 Å². The molecule has 0 aliphatic carbocycles. The van der Waals surface area contributed by atoms with Gasteiger partial charge in [-0.1, -0.05) is 0 Å². The Morgan fingerprint density at radius 1 is 1.46 bits per heavy atom. The van der Waals surface area contributed by atoms with Crippen molar-refractivity contribution in [3.63, 3.8) is 0 Å². The van der Waals surface area contributed by atoms with E-state index in [0.717, 1.165) is 25.9 Å². The number of hydrazine groups is 1. The highest BCUT2D eigenvalue weighted by Crippen LogP contribution is 2.25. The average Bonchev–Trinajstić information content (AvgIpc) is 2.46. The molecule has 2 rings (SSSR count). The molecule has 2 bridgehead atoms. The predicted molar refractivity (Wildman–Crippen MR) is 46.7 cm³/mol. The van der Waals surface area contributed by atoms with Crippen LogP contribution in [0.2, 0.25) is 0 Å². The van der Waals surface area contributed by atoms with Gasteiger partial charge >= 0.3 is 0 Å². The molecule has 3 N–H and O–H groups in total. The summed E-state index contributed by atoms with van der Waals surface area (Å²) in [5, 5.41) is 0. The molecule has 0 aromatic carbocycles. The zero-order valence-corrected chi connectivity index (χ0v) is 7.53. The van der Waals surface area contributed by atoms with Crippen LogP contribution in [0.4, 0.5) is 0 Å². The van der Waals surface area contributed by atoms with Gasteiger partial charge in [0.05, 0.1) is 18.8 Å². The zero-order chi connectivity index (χ0) is 9.26. The van der Waals surface area contributed by atoms with Gasteiger partial charge in [-0.3, -0.25) is 15.1 Å². The first kappa shape index (κ1) is 8.93. The third kappa shape index (κ3) is 1.99. The lowest BCUT2D eigenvalue weighted by Crippen LogP contribution is -2.48. The minimum absolute atomic E-state index is 0.124. The van der Waals surface area contributed by atoms with E-state index < -0.39 is 0 Å². The summed E-state index contributed by atoms with van der Waals surface area (Å²) in [7, 11) is 0. The number of amides is 1. The highest BCUT2D eigenvalue weighted by Gasteiger charge is 2.33. The quantitative estimate of drug-likeness (QED) is 0.323. The summed E-state index contributed by atoms with van der Waals surface area (Å²) >= 11 is 0. The summed E-state index contributed by atoms with van der Waals surface area (Å²) in [6.45, 7) is 2.13. The molecule has 2 fully saturated rings. The molecule has 2 saturated heterocycles. The van der Waals surface area contributed by atoms with E-state index in [1.54, 1.807) is 0 Å². The zero-order valence-electron chi connectivity index (χ0n) is 7.53. The molecule has 2 unspecified atom stereocenters. The molecule has 5 heteroatoms. The maximum absolute atomic E-state index is 11.0. The molecule has 13 heavy (non-hydrogen) atoms. The fraction of sp³-hybridized carbons (Fsp3) is 0.875. The lowest BCUT2D eigenvalue weighted by atomic mass is 10.2. The molecule has 2 atom stereocenters. The third-order valence-corrected chi connectivity index (χ3v) is 2.65. The number of fused-ring (bicyclic) bond motifs is 2. The van der Waals surface area contributed by atoms with Crippen molar-refractivity contribution < 1.29 is 9.53 Å². The highest BCUT2D eigenvalue weighted by molar-refractivity contribution is 5.77. The van der Waals surface area contributed by atoms with E-state index in [4.69, 9.17) is 10.6 Å². The molecule has 2 aliphatic heterocycles. The Morgan fingerprint density at radius 3 is 2.62 bits per heavy atom. The van der Waals surface area contributed by atoms with E-state index >= 15 is 0 Å². The molecule has 0 saturated carbocycles. The van der Waals surface area contributed by atoms with Gasteiger partial charge in [-0.15, -0.1) is 0 Å². The molecule has 5 nitrogen and oxygen atoms in total. The smallest absolute Gasteiger partial charge is 0.248 e. The van der Waals surface area contributed by atoms with Gasteiger partial charge < -0.3 is 4.74 Å². The number of nitrogens with one attached hydrogen (secondary N) is 1. The van der Waals surface area contributed by atoms with Crippen molar-refractivity contribution in [2.75, 3.05) is 19.6 Å². The molecule has 0 aromatic rings. The number of hydrogen-bond donors (Lipinski definition) is 2. The first-order valence-electron chi connectivity index (χ1n) is 4.65. The lowest BCUT2D eigenvalue weighted by Gasteiger charge is -2.31.